The number of nitrogens with zero attached hydrogens (tertiary/aromatic N) is 1. The molecule has 0 bridgehead atoms. The first-order valence-corrected chi connectivity index (χ1v) is 9.14. The van der Waals surface area contributed by atoms with E-state index in [1.54, 1.807) is 19.2 Å². The van der Waals surface area contributed by atoms with E-state index in [0.29, 0.717) is 16.4 Å². The molecule has 27 heavy (non-hydrogen) atoms. The fourth-order valence-electron chi connectivity index (χ4n) is 2.16. The minimum absolute atomic E-state index is 0.0358. The number of carboxylic acids is 1. The Morgan fingerprint density at radius 2 is 1.89 bits per heavy atom. The predicted octanol–water partition coefficient (Wildman–Crippen LogP) is 2.23. The number of carbonyl (C=O) groups is 3. The van der Waals surface area contributed by atoms with Gasteiger partial charge in [-0.05, 0) is 17.7 Å². The molecule has 2 amide bonds. The second-order valence-corrected chi connectivity index (χ2v) is 7.11. The molecule has 1 aromatic carbocycles. The monoisotopic (exact) mass is 393 g/mol. The molecule has 0 fully saturated rings. The van der Waals surface area contributed by atoms with Crippen molar-refractivity contribution in [3.63, 3.8) is 0 Å². The fourth-order valence-corrected chi connectivity index (χ4v) is 2.87. The van der Waals surface area contributed by atoms with Crippen LogP contribution in [0.3, 0.4) is 0 Å². The van der Waals surface area contributed by atoms with Crippen molar-refractivity contribution in [1.82, 2.24) is 10.3 Å². The van der Waals surface area contributed by atoms with E-state index in [4.69, 9.17) is 0 Å². The first kappa shape index (κ1) is 20.5. The highest BCUT2D eigenvalue weighted by Crippen LogP contribution is 2.17. The molecule has 2 aromatic rings. The van der Waals surface area contributed by atoms with Crippen LogP contribution in [0.25, 0.3) is 0 Å². The zero-order valence-electron chi connectivity index (χ0n) is 14.9. The Bertz CT molecular complexity index is 820. The highest BCUT2D eigenvalue weighted by atomic mass is 32.1. The molecule has 1 heterocycles. The molecule has 0 unspecified atom stereocenters. The van der Waals surface area contributed by atoms with Crippen molar-refractivity contribution < 1.29 is 23.9 Å². The van der Waals surface area contributed by atoms with Gasteiger partial charge in [0.1, 0.15) is 11.9 Å². The van der Waals surface area contributed by atoms with Crippen LogP contribution < -0.4 is 10.6 Å². The average molecular weight is 393 g/mol. The van der Waals surface area contributed by atoms with Gasteiger partial charge in [0.2, 0.25) is 11.8 Å². The summed E-state index contributed by atoms with van der Waals surface area (Å²) in [5.41, 5.74) is 1.03. The third kappa shape index (κ3) is 6.45. The van der Waals surface area contributed by atoms with E-state index < -0.39 is 23.7 Å². The highest BCUT2D eigenvalue weighted by molar-refractivity contribution is 7.13. The number of aromatic nitrogens is 1. The largest absolute Gasteiger partial charge is 0.480 e. The Balaban J connectivity index is 1.94. The van der Waals surface area contributed by atoms with E-state index >= 15 is 0 Å². The maximum absolute atomic E-state index is 12.9. The van der Waals surface area contributed by atoms with Crippen LogP contribution >= 0.6 is 11.3 Å². The van der Waals surface area contributed by atoms with Gasteiger partial charge in [-0.2, -0.15) is 0 Å². The van der Waals surface area contributed by atoms with Gasteiger partial charge in [0.25, 0.3) is 0 Å². The quantitative estimate of drug-likeness (QED) is 0.637. The third-order valence-electron chi connectivity index (χ3n) is 3.63. The maximum atomic E-state index is 12.9. The molecule has 7 nitrogen and oxygen atoms in total. The summed E-state index contributed by atoms with van der Waals surface area (Å²) in [5, 5.41) is 16.4. The molecule has 0 aliphatic rings. The molecule has 1 aromatic heterocycles. The van der Waals surface area contributed by atoms with E-state index in [-0.39, 0.29) is 24.7 Å². The number of rotatable bonds is 8. The molecule has 0 aliphatic carbocycles. The number of aliphatic carboxylic acids is 1. The van der Waals surface area contributed by atoms with Gasteiger partial charge >= 0.3 is 5.97 Å². The van der Waals surface area contributed by atoms with Crippen molar-refractivity contribution in [1.29, 1.82) is 0 Å². The molecule has 9 heteroatoms. The Labute approximate surface area is 159 Å². The number of halogens is 1. The standard InChI is InChI=1S/C18H20FN3O4S/c1-10(2)16(24)22-18-20-13(9-27-18)8-15(23)21-14(17(25)26)7-11-3-5-12(19)6-4-11/h3-6,9-10,14H,7-8H2,1-2H3,(H,21,23)(H,25,26)(H,20,22,24)/t14-/m0/s1. The van der Waals surface area contributed by atoms with Gasteiger partial charge in [-0.25, -0.2) is 14.2 Å². The number of carbonyl (C=O) groups excluding carboxylic acids is 2. The molecular formula is C18H20FN3O4S. The molecule has 3 N–H and O–H groups in total. The van der Waals surface area contributed by atoms with Crippen molar-refractivity contribution >= 4 is 34.3 Å². The van der Waals surface area contributed by atoms with Crippen molar-refractivity contribution in [2.24, 2.45) is 5.92 Å². The minimum Gasteiger partial charge on any atom is -0.480 e. The van der Waals surface area contributed by atoms with Gasteiger partial charge in [0, 0.05) is 17.7 Å². The van der Waals surface area contributed by atoms with Crippen molar-refractivity contribution in [3.05, 3.63) is 46.7 Å². The van der Waals surface area contributed by atoms with Crippen LogP contribution in [-0.2, 0) is 27.2 Å². The van der Waals surface area contributed by atoms with Crippen LogP contribution in [0.2, 0.25) is 0 Å². The molecule has 0 saturated carbocycles. The van der Waals surface area contributed by atoms with Crippen LogP contribution in [0.5, 0.6) is 0 Å². The second kappa shape index (κ2) is 9.22. The van der Waals surface area contributed by atoms with Crippen LogP contribution in [0.1, 0.15) is 25.1 Å². The van der Waals surface area contributed by atoms with Gasteiger partial charge in [-0.1, -0.05) is 26.0 Å². The zero-order chi connectivity index (χ0) is 20.0. The normalized spacial score (nSPS) is 11.9. The number of amides is 2. The predicted molar refractivity (Wildman–Crippen MR) is 99.0 cm³/mol. The molecule has 0 radical (unpaired) electrons. The lowest BCUT2D eigenvalue weighted by atomic mass is 10.1. The Morgan fingerprint density at radius 1 is 1.22 bits per heavy atom. The zero-order valence-corrected chi connectivity index (χ0v) is 15.7. The highest BCUT2D eigenvalue weighted by Gasteiger charge is 2.21. The lowest BCUT2D eigenvalue weighted by Crippen LogP contribution is -2.43. The first-order valence-electron chi connectivity index (χ1n) is 8.26. The molecule has 1 atom stereocenters. The van der Waals surface area contributed by atoms with E-state index in [2.05, 4.69) is 15.6 Å². The number of hydrogen-bond donors (Lipinski definition) is 3. The van der Waals surface area contributed by atoms with Gasteiger partial charge in [0.05, 0.1) is 12.1 Å². The summed E-state index contributed by atoms with van der Waals surface area (Å²) in [4.78, 5) is 39.4. The van der Waals surface area contributed by atoms with Gasteiger partial charge in [0.15, 0.2) is 5.13 Å². The molecule has 2 rings (SSSR count). The Hall–Kier alpha value is -2.81. The number of thiazole rings is 1. The summed E-state index contributed by atoms with van der Waals surface area (Å²) in [5.74, 6) is -2.47. The van der Waals surface area contributed by atoms with Crippen LogP contribution in [0.4, 0.5) is 9.52 Å². The van der Waals surface area contributed by atoms with E-state index in [1.807, 2.05) is 0 Å². The van der Waals surface area contributed by atoms with E-state index in [1.165, 1.54) is 35.6 Å². The van der Waals surface area contributed by atoms with Gasteiger partial charge in [-0.3, -0.25) is 9.59 Å². The van der Waals surface area contributed by atoms with Crippen LogP contribution in [0.15, 0.2) is 29.6 Å². The van der Waals surface area contributed by atoms with E-state index in [9.17, 15) is 23.9 Å². The Kier molecular flexibility index (Phi) is 7.00. The SMILES string of the molecule is CC(C)C(=O)Nc1nc(CC(=O)N[C@@H](Cc2ccc(F)cc2)C(=O)O)cs1. The van der Waals surface area contributed by atoms with Crippen molar-refractivity contribution in [2.45, 2.75) is 32.7 Å². The van der Waals surface area contributed by atoms with Crippen LogP contribution in [-0.4, -0.2) is 33.9 Å². The number of benzene rings is 1. The topological polar surface area (TPSA) is 108 Å². The maximum Gasteiger partial charge on any atom is 0.326 e. The summed E-state index contributed by atoms with van der Waals surface area (Å²) in [7, 11) is 0. The lowest BCUT2D eigenvalue weighted by Gasteiger charge is -2.14. The summed E-state index contributed by atoms with van der Waals surface area (Å²) in [6.07, 6.45) is -0.0740. The van der Waals surface area contributed by atoms with Crippen molar-refractivity contribution in [3.8, 4) is 0 Å². The first-order chi connectivity index (χ1) is 12.7. The lowest BCUT2D eigenvalue weighted by molar-refractivity contribution is -0.141. The molecule has 0 spiro atoms. The summed E-state index contributed by atoms with van der Waals surface area (Å²) in [6, 6.07) is 4.28. The second-order valence-electron chi connectivity index (χ2n) is 6.25. The number of anilines is 1. The molecule has 0 saturated heterocycles. The van der Waals surface area contributed by atoms with Gasteiger partial charge < -0.3 is 15.7 Å². The number of nitrogens with one attached hydrogen (secondary N) is 2. The van der Waals surface area contributed by atoms with Crippen LogP contribution in [0, 0.1) is 11.7 Å². The minimum atomic E-state index is -1.18. The van der Waals surface area contributed by atoms with Gasteiger partial charge in [-0.15, -0.1) is 11.3 Å². The molecular weight excluding hydrogens is 373 g/mol. The Morgan fingerprint density at radius 3 is 2.48 bits per heavy atom. The van der Waals surface area contributed by atoms with E-state index in [0.717, 1.165) is 0 Å². The number of hydrogen-bond acceptors (Lipinski definition) is 5. The smallest absolute Gasteiger partial charge is 0.326 e. The summed E-state index contributed by atoms with van der Waals surface area (Å²) >= 11 is 1.19. The number of carboxylic acid groups (broad SMARTS) is 1. The summed E-state index contributed by atoms with van der Waals surface area (Å²) in [6.45, 7) is 3.51. The average Bonchev–Trinajstić information content (AvgIpc) is 3.02. The molecule has 0 aliphatic heterocycles. The fraction of sp³-hybridized carbons (Fsp3) is 0.333. The molecule has 144 valence electrons. The third-order valence-corrected chi connectivity index (χ3v) is 4.44. The summed E-state index contributed by atoms with van der Waals surface area (Å²) < 4.78 is 12.9. The van der Waals surface area contributed by atoms with Crippen molar-refractivity contribution in [2.75, 3.05) is 5.32 Å².